The lowest BCUT2D eigenvalue weighted by Gasteiger charge is -2.36. The highest BCUT2D eigenvalue weighted by molar-refractivity contribution is 6.07. The Labute approximate surface area is 250 Å². The van der Waals surface area contributed by atoms with Crippen molar-refractivity contribution >= 4 is 44.2 Å². The van der Waals surface area contributed by atoms with Crippen molar-refractivity contribution in [1.29, 1.82) is 0 Å². The molecule has 0 saturated carbocycles. The van der Waals surface area contributed by atoms with Crippen LogP contribution >= 0.6 is 0 Å². The molecule has 5 heterocycles. The smallest absolute Gasteiger partial charge is 0.159 e. The van der Waals surface area contributed by atoms with Crippen molar-refractivity contribution < 1.29 is 0 Å². The van der Waals surface area contributed by atoms with Gasteiger partial charge in [0.25, 0.3) is 0 Å². The number of H-pyrrole nitrogens is 3. The molecule has 0 radical (unpaired) electrons. The second-order valence-electron chi connectivity index (χ2n) is 11.7. The van der Waals surface area contributed by atoms with Gasteiger partial charge in [-0.1, -0.05) is 55.7 Å². The first-order valence-electron chi connectivity index (χ1n) is 15.7. The number of imidazole rings is 1. The molecule has 3 aromatic heterocycles. The van der Waals surface area contributed by atoms with Crippen LogP contribution in [0.4, 0.5) is 11.4 Å². The van der Waals surface area contributed by atoms with Gasteiger partial charge < -0.3 is 15.0 Å². The lowest BCUT2D eigenvalue weighted by Crippen LogP contribution is -2.50. The number of rotatable bonds is 4. The van der Waals surface area contributed by atoms with E-state index < -0.39 is 0 Å². The Hall–Kier alpha value is -4.38. The molecule has 0 unspecified atom stereocenters. The Bertz CT molecular complexity index is 1830. The average molecular weight is 575 g/mol. The van der Waals surface area contributed by atoms with E-state index >= 15 is 0 Å². The van der Waals surface area contributed by atoms with Gasteiger partial charge in [0.2, 0.25) is 0 Å². The third-order valence-electron chi connectivity index (χ3n) is 8.79. The lowest BCUT2D eigenvalue weighted by atomic mass is 10.0. The number of nitrogens with zero attached hydrogens (tertiary/aromatic N) is 4. The Morgan fingerprint density at radius 2 is 1.49 bits per heavy atom. The van der Waals surface area contributed by atoms with Crippen LogP contribution in [0, 0.1) is 0 Å². The number of anilines is 2. The highest BCUT2D eigenvalue weighted by Gasteiger charge is 2.28. The number of aromatic amines is 3. The van der Waals surface area contributed by atoms with E-state index in [1.807, 2.05) is 12.1 Å². The first-order valence-corrected chi connectivity index (χ1v) is 15.7. The second-order valence-corrected chi connectivity index (χ2v) is 11.7. The number of benzene rings is 3. The number of nitrogens with one attached hydrogen (secondary N) is 6. The predicted octanol–water partition coefficient (Wildman–Crippen LogP) is 6.14. The summed E-state index contributed by atoms with van der Waals surface area (Å²) >= 11 is 0. The molecule has 0 amide bonds. The zero-order valence-corrected chi connectivity index (χ0v) is 24.3. The summed E-state index contributed by atoms with van der Waals surface area (Å²) in [6.07, 6.45) is 8.29. The first kappa shape index (κ1) is 26.3. The molecule has 0 aliphatic carbocycles. The molecule has 0 spiro atoms. The Balaban J connectivity index is 1.40. The number of aromatic nitrogens is 5. The van der Waals surface area contributed by atoms with Gasteiger partial charge >= 0.3 is 0 Å². The molecule has 2 fully saturated rings. The molecule has 10 heteroatoms. The van der Waals surface area contributed by atoms with E-state index in [0.717, 1.165) is 107 Å². The summed E-state index contributed by atoms with van der Waals surface area (Å²) in [4.78, 5) is 12.7. The number of hydrogen-bond donors (Lipinski definition) is 6. The van der Waals surface area contributed by atoms with Crippen molar-refractivity contribution in [3.63, 3.8) is 0 Å². The normalized spacial score (nSPS) is 17.3. The summed E-state index contributed by atoms with van der Waals surface area (Å²) in [6.45, 7) is 3.71. The quantitative estimate of drug-likeness (QED) is 0.150. The zero-order chi connectivity index (χ0) is 28.6. The summed E-state index contributed by atoms with van der Waals surface area (Å²) < 4.78 is 0. The summed E-state index contributed by atoms with van der Waals surface area (Å²) in [5.41, 5.74) is 20.0. The molecule has 220 valence electrons. The second kappa shape index (κ2) is 11.4. The summed E-state index contributed by atoms with van der Waals surface area (Å²) in [6, 6.07) is 21.2. The minimum Gasteiger partial charge on any atom is -0.354 e. The van der Waals surface area contributed by atoms with Crippen LogP contribution in [0.3, 0.4) is 0 Å². The van der Waals surface area contributed by atoms with Crippen molar-refractivity contribution in [3.05, 3.63) is 60.7 Å². The maximum Gasteiger partial charge on any atom is 0.159 e. The van der Waals surface area contributed by atoms with Gasteiger partial charge in [0.05, 0.1) is 33.7 Å². The van der Waals surface area contributed by atoms with E-state index in [4.69, 9.17) is 4.98 Å². The molecule has 43 heavy (non-hydrogen) atoms. The molecule has 6 aromatic rings. The van der Waals surface area contributed by atoms with Crippen LogP contribution in [-0.4, -0.2) is 51.3 Å². The molecule has 8 rings (SSSR count). The topological polar surface area (TPSA) is 116 Å². The lowest BCUT2D eigenvalue weighted by molar-refractivity contribution is 0.443. The fourth-order valence-electron chi connectivity index (χ4n) is 6.61. The fraction of sp³-hybridized carbons (Fsp3) is 0.333. The monoisotopic (exact) mass is 574 g/mol. The van der Waals surface area contributed by atoms with E-state index in [9.17, 15) is 0 Å². The van der Waals surface area contributed by atoms with Crippen LogP contribution in [0.25, 0.3) is 55.6 Å². The molecular formula is C33H38N10. The minimum atomic E-state index is 0.757. The van der Waals surface area contributed by atoms with Gasteiger partial charge in [-0.25, -0.2) is 15.8 Å². The van der Waals surface area contributed by atoms with Crippen LogP contribution < -0.4 is 26.4 Å². The van der Waals surface area contributed by atoms with Gasteiger partial charge in [0.15, 0.2) is 5.82 Å². The maximum absolute atomic E-state index is 5.30. The van der Waals surface area contributed by atoms with Crippen molar-refractivity contribution in [2.24, 2.45) is 0 Å². The van der Waals surface area contributed by atoms with Gasteiger partial charge in [-0.05, 0) is 49.9 Å². The van der Waals surface area contributed by atoms with Crippen LogP contribution in [0.1, 0.15) is 44.9 Å². The van der Waals surface area contributed by atoms with Crippen LogP contribution in [0.5, 0.6) is 0 Å². The first-order chi connectivity index (χ1) is 21.3. The standard InChI is InChI=1S/C33H38N10/c1-2-10-18-42(35-17-9-1)28-21-27-31(38-33(37-27)30-23-13-5-7-15-25(23)39-40-30)29(26-20-22-12-4-6-14-24(22)36-26)32(28)43-19-11-3-8-16-34-41-43/h4-7,12-15,20-21,34-36,41H,1-3,8-11,16-19H2,(H,37,38)(H,39,40). The minimum absolute atomic E-state index is 0.757. The number of hydrogen-bond acceptors (Lipinski definition) is 7. The SMILES string of the molecule is c1ccc2[nH]c(-c3c(N4CCCCCNN4)c(N4CCCCCCN4)cc4[nH]c(-c5n[nH]c6ccccc56)nc34)cc2c1. The van der Waals surface area contributed by atoms with Gasteiger partial charge in [-0.3, -0.25) is 10.1 Å². The third-order valence-corrected chi connectivity index (χ3v) is 8.79. The van der Waals surface area contributed by atoms with Crippen LogP contribution in [-0.2, 0) is 0 Å². The van der Waals surface area contributed by atoms with Gasteiger partial charge in [-0.2, -0.15) is 10.6 Å². The molecule has 3 aromatic carbocycles. The zero-order valence-electron chi connectivity index (χ0n) is 24.3. The molecule has 0 bridgehead atoms. The van der Waals surface area contributed by atoms with Gasteiger partial charge in [0, 0.05) is 42.5 Å². The Kier molecular flexibility index (Phi) is 6.94. The molecule has 0 atom stereocenters. The maximum atomic E-state index is 5.30. The molecule has 2 aliphatic rings. The van der Waals surface area contributed by atoms with Gasteiger partial charge in [-0.15, -0.1) is 0 Å². The molecular weight excluding hydrogens is 536 g/mol. The van der Waals surface area contributed by atoms with Crippen LogP contribution in [0.2, 0.25) is 0 Å². The van der Waals surface area contributed by atoms with E-state index in [2.05, 4.69) is 95.1 Å². The van der Waals surface area contributed by atoms with E-state index in [0.29, 0.717) is 0 Å². The van der Waals surface area contributed by atoms with Gasteiger partial charge in [0.1, 0.15) is 11.2 Å². The fourth-order valence-corrected chi connectivity index (χ4v) is 6.61. The van der Waals surface area contributed by atoms with Crippen molar-refractivity contribution in [2.75, 3.05) is 36.2 Å². The highest BCUT2D eigenvalue weighted by Crippen LogP contribution is 2.45. The molecule has 2 saturated heterocycles. The highest BCUT2D eigenvalue weighted by atomic mass is 15.7. The molecule has 10 nitrogen and oxygen atoms in total. The average Bonchev–Trinajstić information content (AvgIpc) is 3.72. The summed E-state index contributed by atoms with van der Waals surface area (Å²) in [5.74, 6) is 0.757. The van der Waals surface area contributed by atoms with Crippen molar-refractivity contribution in [1.82, 2.24) is 41.5 Å². The number of fused-ring (bicyclic) bond motifs is 3. The van der Waals surface area contributed by atoms with Crippen LogP contribution in [0.15, 0.2) is 60.7 Å². The van der Waals surface area contributed by atoms with Crippen molar-refractivity contribution in [3.8, 4) is 22.8 Å². The predicted molar refractivity (Wildman–Crippen MR) is 175 cm³/mol. The van der Waals surface area contributed by atoms with E-state index in [1.165, 1.54) is 31.1 Å². The third kappa shape index (κ3) is 4.91. The van der Waals surface area contributed by atoms with E-state index in [1.54, 1.807) is 0 Å². The largest absolute Gasteiger partial charge is 0.354 e. The Morgan fingerprint density at radius 3 is 2.42 bits per heavy atom. The Morgan fingerprint density at radius 1 is 0.698 bits per heavy atom. The number of hydrazine groups is 3. The van der Waals surface area contributed by atoms with Crippen molar-refractivity contribution in [2.45, 2.75) is 44.9 Å². The van der Waals surface area contributed by atoms with E-state index in [-0.39, 0.29) is 0 Å². The molecule has 2 aliphatic heterocycles. The summed E-state index contributed by atoms with van der Waals surface area (Å²) in [5, 5.41) is 14.8. The molecule has 6 N–H and O–H groups in total. The summed E-state index contributed by atoms with van der Waals surface area (Å²) in [7, 11) is 0. The number of para-hydroxylation sites is 2.